The van der Waals surface area contributed by atoms with E-state index in [9.17, 15) is 9.59 Å². The number of aryl methyl sites for hydroxylation is 1. The number of nitrogens with zero attached hydrogens (tertiary/aromatic N) is 2. The zero-order valence-corrected chi connectivity index (χ0v) is 17.9. The van der Waals surface area contributed by atoms with Crippen LogP contribution in [-0.2, 0) is 9.53 Å². The largest absolute Gasteiger partial charge is 0.454 e. The van der Waals surface area contributed by atoms with Gasteiger partial charge in [-0.1, -0.05) is 11.6 Å². The van der Waals surface area contributed by atoms with Gasteiger partial charge >= 0.3 is 5.97 Å². The number of aromatic nitrogens is 2. The molecule has 1 amide bonds. The summed E-state index contributed by atoms with van der Waals surface area (Å²) in [6.45, 7) is 5.34. The molecule has 0 bridgehead atoms. The van der Waals surface area contributed by atoms with E-state index in [0.717, 1.165) is 17.1 Å². The maximum atomic E-state index is 12.5. The molecule has 0 saturated heterocycles. The highest BCUT2D eigenvalue weighted by atomic mass is 35.5. The summed E-state index contributed by atoms with van der Waals surface area (Å²) in [5.74, 6) is 0.0995. The maximum absolute atomic E-state index is 12.5. The molecule has 8 nitrogen and oxygen atoms in total. The zero-order chi connectivity index (χ0) is 22.1. The lowest BCUT2D eigenvalue weighted by Gasteiger charge is -2.14. The van der Waals surface area contributed by atoms with Crippen molar-refractivity contribution in [3.8, 4) is 17.2 Å². The van der Waals surface area contributed by atoms with E-state index in [0.29, 0.717) is 27.8 Å². The number of ether oxygens (including phenoxy) is 3. The van der Waals surface area contributed by atoms with E-state index >= 15 is 0 Å². The van der Waals surface area contributed by atoms with Crippen LogP contribution in [0.5, 0.6) is 11.5 Å². The first-order chi connectivity index (χ1) is 14.8. The van der Waals surface area contributed by atoms with Gasteiger partial charge < -0.3 is 19.5 Å². The first-order valence-corrected chi connectivity index (χ1v) is 9.95. The number of hydrogen-bond acceptors (Lipinski definition) is 6. The number of hydrogen-bond donors (Lipinski definition) is 1. The number of carbonyl (C=O) groups is 2. The lowest BCUT2D eigenvalue weighted by Crippen LogP contribution is -2.30. The molecule has 1 aliphatic rings. The van der Waals surface area contributed by atoms with Crippen molar-refractivity contribution in [3.63, 3.8) is 0 Å². The van der Waals surface area contributed by atoms with Gasteiger partial charge in [-0.3, -0.25) is 4.79 Å². The molecule has 4 rings (SSSR count). The lowest BCUT2D eigenvalue weighted by atomic mass is 10.2. The van der Waals surface area contributed by atoms with E-state index in [-0.39, 0.29) is 6.79 Å². The zero-order valence-electron chi connectivity index (χ0n) is 17.1. The molecule has 1 atom stereocenters. The fourth-order valence-electron chi connectivity index (χ4n) is 3.11. The van der Waals surface area contributed by atoms with Crippen LogP contribution in [0, 0.1) is 13.8 Å². The third kappa shape index (κ3) is 4.20. The second kappa shape index (κ2) is 8.31. The molecule has 0 fully saturated rings. The summed E-state index contributed by atoms with van der Waals surface area (Å²) in [6, 6.07) is 11.7. The highest BCUT2D eigenvalue weighted by molar-refractivity contribution is 6.31. The Kier molecular flexibility index (Phi) is 5.56. The van der Waals surface area contributed by atoms with Crippen molar-refractivity contribution in [3.05, 3.63) is 64.4 Å². The van der Waals surface area contributed by atoms with Crippen LogP contribution in [0.1, 0.15) is 28.7 Å². The molecule has 1 aromatic heterocycles. The minimum Gasteiger partial charge on any atom is -0.454 e. The second-order valence-corrected chi connectivity index (χ2v) is 7.43. The average Bonchev–Trinajstić information content (AvgIpc) is 3.33. The Balaban J connectivity index is 1.39. The predicted octanol–water partition coefficient (Wildman–Crippen LogP) is 4.06. The Morgan fingerprint density at radius 1 is 1.13 bits per heavy atom. The molecule has 31 heavy (non-hydrogen) atoms. The van der Waals surface area contributed by atoms with Gasteiger partial charge in [0.2, 0.25) is 6.79 Å². The van der Waals surface area contributed by atoms with Crippen LogP contribution >= 0.6 is 11.6 Å². The molecule has 1 N–H and O–H groups in total. The van der Waals surface area contributed by atoms with E-state index < -0.39 is 18.0 Å². The first kappa shape index (κ1) is 20.7. The van der Waals surface area contributed by atoms with Gasteiger partial charge in [0.15, 0.2) is 17.6 Å². The standard InChI is InChI=1S/C22H20ClN3O5/c1-12-20(23)13(2)26(25-12)17-7-4-15(5-8-17)22(28)31-14(3)21(27)24-16-6-9-18-19(10-16)30-11-29-18/h4-10,14H,11H2,1-3H3,(H,24,27). The molecule has 0 radical (unpaired) electrons. The van der Waals surface area contributed by atoms with Gasteiger partial charge in [-0.25, -0.2) is 9.48 Å². The molecule has 0 spiro atoms. The summed E-state index contributed by atoms with van der Waals surface area (Å²) in [7, 11) is 0. The topological polar surface area (TPSA) is 91.7 Å². The fourth-order valence-corrected chi connectivity index (χ4v) is 3.23. The normalized spacial score (nSPS) is 13.0. The van der Waals surface area contributed by atoms with Crippen LogP contribution in [0.15, 0.2) is 42.5 Å². The van der Waals surface area contributed by atoms with Crippen molar-refractivity contribution in [2.75, 3.05) is 12.1 Å². The van der Waals surface area contributed by atoms with Crippen molar-refractivity contribution < 1.29 is 23.8 Å². The van der Waals surface area contributed by atoms with Gasteiger partial charge in [0.05, 0.1) is 27.7 Å². The molecule has 3 aromatic rings. The Bertz CT molecular complexity index is 1160. The number of nitrogens with one attached hydrogen (secondary N) is 1. The van der Waals surface area contributed by atoms with E-state index in [1.165, 1.54) is 6.92 Å². The number of carbonyl (C=O) groups excluding carboxylic acids is 2. The molecular formula is C22H20ClN3O5. The molecule has 2 heterocycles. The maximum Gasteiger partial charge on any atom is 0.338 e. The lowest BCUT2D eigenvalue weighted by molar-refractivity contribution is -0.123. The van der Waals surface area contributed by atoms with Gasteiger partial charge in [-0.05, 0) is 57.2 Å². The van der Waals surface area contributed by atoms with Crippen LogP contribution in [0.25, 0.3) is 5.69 Å². The van der Waals surface area contributed by atoms with Crippen molar-refractivity contribution >= 4 is 29.2 Å². The first-order valence-electron chi connectivity index (χ1n) is 9.57. The third-order valence-electron chi connectivity index (χ3n) is 4.84. The third-order valence-corrected chi connectivity index (χ3v) is 5.39. The molecule has 1 unspecified atom stereocenters. The Morgan fingerprint density at radius 2 is 1.84 bits per heavy atom. The number of amides is 1. The Morgan fingerprint density at radius 3 is 2.52 bits per heavy atom. The molecule has 0 aliphatic carbocycles. The number of esters is 1. The fraction of sp³-hybridized carbons (Fsp3) is 0.227. The predicted molar refractivity (Wildman–Crippen MR) is 114 cm³/mol. The van der Waals surface area contributed by atoms with Gasteiger partial charge in [-0.15, -0.1) is 0 Å². The van der Waals surface area contributed by atoms with Gasteiger partial charge in [0, 0.05) is 11.8 Å². The average molecular weight is 442 g/mol. The van der Waals surface area contributed by atoms with E-state index in [1.54, 1.807) is 47.1 Å². The minimum atomic E-state index is -0.993. The number of benzene rings is 2. The summed E-state index contributed by atoms with van der Waals surface area (Å²) in [5.41, 5.74) is 3.13. The summed E-state index contributed by atoms with van der Waals surface area (Å²) >= 11 is 6.19. The molecule has 160 valence electrons. The van der Waals surface area contributed by atoms with Gasteiger partial charge in [-0.2, -0.15) is 5.10 Å². The van der Waals surface area contributed by atoms with Gasteiger partial charge in [0.1, 0.15) is 0 Å². The van der Waals surface area contributed by atoms with Crippen LogP contribution in [-0.4, -0.2) is 34.6 Å². The number of fused-ring (bicyclic) bond motifs is 1. The molecule has 2 aromatic carbocycles. The van der Waals surface area contributed by atoms with Crippen molar-refractivity contribution in [2.24, 2.45) is 0 Å². The summed E-state index contributed by atoms with van der Waals surface area (Å²) in [4.78, 5) is 24.9. The highest BCUT2D eigenvalue weighted by Gasteiger charge is 2.21. The Hall–Kier alpha value is -3.52. The van der Waals surface area contributed by atoms with E-state index in [1.807, 2.05) is 13.8 Å². The quantitative estimate of drug-likeness (QED) is 0.600. The molecule has 0 saturated carbocycles. The van der Waals surface area contributed by atoms with Crippen molar-refractivity contribution in [1.82, 2.24) is 9.78 Å². The highest BCUT2D eigenvalue weighted by Crippen LogP contribution is 2.34. The van der Waals surface area contributed by atoms with Crippen LogP contribution in [0.2, 0.25) is 5.02 Å². The number of halogens is 1. The molecular weight excluding hydrogens is 422 g/mol. The SMILES string of the molecule is Cc1nn(-c2ccc(C(=O)OC(C)C(=O)Nc3ccc4c(c3)OCO4)cc2)c(C)c1Cl. The minimum absolute atomic E-state index is 0.145. The Labute approximate surface area is 183 Å². The monoisotopic (exact) mass is 441 g/mol. The molecule has 9 heteroatoms. The summed E-state index contributed by atoms with van der Waals surface area (Å²) < 4.78 is 17.5. The summed E-state index contributed by atoms with van der Waals surface area (Å²) in [5, 5.41) is 7.69. The van der Waals surface area contributed by atoms with Crippen molar-refractivity contribution in [2.45, 2.75) is 26.9 Å². The van der Waals surface area contributed by atoms with E-state index in [4.69, 9.17) is 25.8 Å². The smallest absolute Gasteiger partial charge is 0.338 e. The van der Waals surface area contributed by atoms with Gasteiger partial charge in [0.25, 0.3) is 5.91 Å². The number of anilines is 1. The van der Waals surface area contributed by atoms with Crippen LogP contribution in [0.4, 0.5) is 5.69 Å². The second-order valence-electron chi connectivity index (χ2n) is 7.05. The van der Waals surface area contributed by atoms with Crippen LogP contribution in [0.3, 0.4) is 0 Å². The van der Waals surface area contributed by atoms with E-state index in [2.05, 4.69) is 10.4 Å². The van der Waals surface area contributed by atoms with Crippen LogP contribution < -0.4 is 14.8 Å². The van der Waals surface area contributed by atoms with Crippen molar-refractivity contribution in [1.29, 1.82) is 0 Å². The molecule has 1 aliphatic heterocycles. The number of rotatable bonds is 5. The summed E-state index contributed by atoms with van der Waals surface area (Å²) in [6.07, 6.45) is -0.993.